The third-order valence-corrected chi connectivity index (χ3v) is 5.48. The first-order valence-corrected chi connectivity index (χ1v) is 8.76. The van der Waals surface area contributed by atoms with E-state index in [1.165, 1.54) is 0 Å². The second-order valence-corrected chi connectivity index (χ2v) is 7.22. The predicted molar refractivity (Wildman–Crippen MR) is 84.3 cm³/mol. The maximum atomic E-state index is 12.8. The van der Waals surface area contributed by atoms with Crippen molar-refractivity contribution in [1.82, 2.24) is 4.31 Å². The van der Waals surface area contributed by atoms with E-state index in [1.54, 1.807) is 22.5 Å². The molecule has 0 amide bonds. The Morgan fingerprint density at radius 3 is 2.62 bits per heavy atom. The molecule has 0 bridgehead atoms. The Morgan fingerprint density at radius 1 is 1.38 bits per heavy atom. The fraction of sp³-hybridized carbons (Fsp3) is 0.500. The molecule has 0 spiro atoms. The normalized spacial score (nSPS) is 14.9. The summed E-state index contributed by atoms with van der Waals surface area (Å²) in [5.74, 6) is 5.75. The summed E-state index contributed by atoms with van der Waals surface area (Å²) in [5.41, 5.74) is 7.05. The Kier molecular flexibility index (Phi) is 5.04. The smallest absolute Gasteiger partial charge is 0.243 e. The molecule has 0 heterocycles. The van der Waals surface area contributed by atoms with E-state index < -0.39 is 10.0 Å². The van der Waals surface area contributed by atoms with Crippen molar-refractivity contribution in [2.24, 2.45) is 5.73 Å². The van der Waals surface area contributed by atoms with Gasteiger partial charge in [-0.25, -0.2) is 8.42 Å². The van der Waals surface area contributed by atoms with Crippen molar-refractivity contribution in [3.63, 3.8) is 0 Å². The zero-order chi connectivity index (χ0) is 15.5. The van der Waals surface area contributed by atoms with E-state index in [2.05, 4.69) is 11.8 Å². The van der Waals surface area contributed by atoms with Crippen molar-refractivity contribution >= 4 is 10.0 Å². The first-order valence-electron chi connectivity index (χ1n) is 7.32. The highest BCUT2D eigenvalue weighted by molar-refractivity contribution is 7.89. The van der Waals surface area contributed by atoms with Crippen molar-refractivity contribution in [3.8, 4) is 11.8 Å². The molecule has 0 aliphatic heterocycles. The monoisotopic (exact) mass is 306 g/mol. The molecule has 1 aliphatic carbocycles. The minimum atomic E-state index is -3.40. The molecular weight excluding hydrogens is 284 g/mol. The van der Waals surface area contributed by atoms with Gasteiger partial charge in [0.2, 0.25) is 10.0 Å². The topological polar surface area (TPSA) is 63.4 Å². The van der Waals surface area contributed by atoms with Crippen LogP contribution in [-0.4, -0.2) is 31.9 Å². The molecule has 0 radical (unpaired) electrons. The van der Waals surface area contributed by atoms with Gasteiger partial charge in [0, 0.05) is 18.2 Å². The summed E-state index contributed by atoms with van der Waals surface area (Å²) in [4.78, 5) is 0.360. The molecule has 0 aromatic heterocycles. The molecule has 4 nitrogen and oxygen atoms in total. The second-order valence-electron chi connectivity index (χ2n) is 5.33. The standard InChI is InChI=1S/C16H22N2O2S/c1-3-11-18(15-7-8-15)21(19,20)16-9-6-14(5-4-10-17)13(2)12-16/h6,9,12,15H,3,7-8,10-11,17H2,1-2H3. The molecule has 114 valence electrons. The van der Waals surface area contributed by atoms with Crippen LogP contribution >= 0.6 is 0 Å². The van der Waals surface area contributed by atoms with E-state index in [1.807, 2.05) is 13.8 Å². The molecule has 1 saturated carbocycles. The van der Waals surface area contributed by atoms with Gasteiger partial charge in [0.1, 0.15) is 0 Å². The number of nitrogens with two attached hydrogens (primary N) is 1. The van der Waals surface area contributed by atoms with Crippen molar-refractivity contribution in [2.45, 2.75) is 44.0 Å². The molecular formula is C16H22N2O2S. The summed E-state index contributed by atoms with van der Waals surface area (Å²) in [5, 5.41) is 0. The number of sulfonamides is 1. The zero-order valence-corrected chi connectivity index (χ0v) is 13.4. The maximum absolute atomic E-state index is 12.8. The molecule has 21 heavy (non-hydrogen) atoms. The third-order valence-electron chi connectivity index (χ3n) is 3.53. The lowest BCUT2D eigenvalue weighted by Crippen LogP contribution is -2.33. The van der Waals surface area contributed by atoms with Crippen LogP contribution in [0.1, 0.15) is 37.3 Å². The fourth-order valence-electron chi connectivity index (χ4n) is 2.30. The first kappa shape index (κ1) is 16.0. The van der Waals surface area contributed by atoms with Gasteiger partial charge in [-0.1, -0.05) is 18.8 Å². The van der Waals surface area contributed by atoms with Crippen molar-refractivity contribution in [3.05, 3.63) is 29.3 Å². The summed E-state index contributed by atoms with van der Waals surface area (Å²) < 4.78 is 27.1. The summed E-state index contributed by atoms with van der Waals surface area (Å²) in [7, 11) is -3.40. The molecule has 5 heteroatoms. The van der Waals surface area contributed by atoms with E-state index in [9.17, 15) is 8.42 Å². The molecule has 0 unspecified atom stereocenters. The van der Waals surface area contributed by atoms with Crippen LogP contribution in [0, 0.1) is 18.8 Å². The van der Waals surface area contributed by atoms with Crippen LogP contribution in [0.5, 0.6) is 0 Å². The number of nitrogens with zero attached hydrogens (tertiary/aromatic N) is 1. The minimum absolute atomic E-state index is 0.187. The summed E-state index contributed by atoms with van der Waals surface area (Å²) in [6.07, 6.45) is 2.77. The molecule has 1 fully saturated rings. The van der Waals surface area contributed by atoms with Crippen molar-refractivity contribution < 1.29 is 8.42 Å². The Labute approximate surface area is 127 Å². The maximum Gasteiger partial charge on any atom is 0.243 e. The average molecular weight is 306 g/mol. The summed E-state index contributed by atoms with van der Waals surface area (Å²) >= 11 is 0. The molecule has 0 saturated heterocycles. The van der Waals surface area contributed by atoms with Crippen LogP contribution in [0.4, 0.5) is 0 Å². The number of rotatable bonds is 5. The van der Waals surface area contributed by atoms with Gasteiger partial charge in [-0.3, -0.25) is 0 Å². The summed E-state index contributed by atoms with van der Waals surface area (Å²) in [6, 6.07) is 5.31. The lowest BCUT2D eigenvalue weighted by Gasteiger charge is -2.21. The molecule has 2 rings (SSSR count). The Balaban J connectivity index is 2.33. The van der Waals surface area contributed by atoms with E-state index in [4.69, 9.17) is 5.73 Å². The van der Waals surface area contributed by atoms with Crippen LogP contribution < -0.4 is 5.73 Å². The number of hydrogen-bond acceptors (Lipinski definition) is 3. The third kappa shape index (κ3) is 3.65. The highest BCUT2D eigenvalue weighted by Crippen LogP contribution is 2.32. The molecule has 1 aromatic rings. The van der Waals surface area contributed by atoms with Crippen LogP contribution in [0.15, 0.2) is 23.1 Å². The lowest BCUT2D eigenvalue weighted by molar-refractivity contribution is 0.403. The lowest BCUT2D eigenvalue weighted by atomic mass is 10.1. The van der Waals surface area contributed by atoms with Gasteiger partial charge in [0.15, 0.2) is 0 Å². The number of aryl methyl sites for hydroxylation is 1. The molecule has 1 aromatic carbocycles. The van der Waals surface area contributed by atoms with Crippen molar-refractivity contribution in [2.75, 3.05) is 13.1 Å². The number of hydrogen-bond donors (Lipinski definition) is 1. The van der Waals surface area contributed by atoms with Gasteiger partial charge >= 0.3 is 0 Å². The molecule has 0 atom stereocenters. The van der Waals surface area contributed by atoms with E-state index in [0.29, 0.717) is 18.0 Å². The largest absolute Gasteiger partial charge is 0.320 e. The number of benzene rings is 1. The average Bonchev–Trinajstić information content (AvgIpc) is 3.27. The Morgan fingerprint density at radius 2 is 2.10 bits per heavy atom. The molecule has 1 aliphatic rings. The van der Waals surface area contributed by atoms with E-state index in [0.717, 1.165) is 30.4 Å². The van der Waals surface area contributed by atoms with Crippen LogP contribution in [0.25, 0.3) is 0 Å². The van der Waals surface area contributed by atoms with Crippen LogP contribution in [-0.2, 0) is 10.0 Å². The fourth-order valence-corrected chi connectivity index (χ4v) is 4.16. The highest BCUT2D eigenvalue weighted by atomic mass is 32.2. The summed E-state index contributed by atoms with van der Waals surface area (Å²) in [6.45, 7) is 4.76. The minimum Gasteiger partial charge on any atom is -0.320 e. The van der Waals surface area contributed by atoms with Gasteiger partial charge < -0.3 is 5.73 Å². The Hall–Kier alpha value is -1.35. The quantitative estimate of drug-likeness (QED) is 0.845. The molecule has 2 N–H and O–H groups in total. The Bertz CT molecular complexity index is 667. The van der Waals surface area contributed by atoms with Gasteiger partial charge in [-0.15, -0.1) is 0 Å². The van der Waals surface area contributed by atoms with Gasteiger partial charge in [0.05, 0.1) is 11.4 Å². The van der Waals surface area contributed by atoms with Crippen molar-refractivity contribution in [1.29, 1.82) is 0 Å². The first-order chi connectivity index (χ1) is 10.0. The predicted octanol–water partition coefficient (Wildman–Crippen LogP) is 1.87. The van der Waals surface area contributed by atoms with Gasteiger partial charge in [-0.05, 0) is 49.9 Å². The van der Waals surface area contributed by atoms with E-state index in [-0.39, 0.29) is 6.04 Å². The van der Waals surface area contributed by atoms with Crippen LogP contribution in [0.2, 0.25) is 0 Å². The highest BCUT2D eigenvalue weighted by Gasteiger charge is 2.37. The van der Waals surface area contributed by atoms with E-state index >= 15 is 0 Å². The van der Waals surface area contributed by atoms with Gasteiger partial charge in [-0.2, -0.15) is 4.31 Å². The van der Waals surface area contributed by atoms with Crippen LogP contribution in [0.3, 0.4) is 0 Å². The zero-order valence-electron chi connectivity index (χ0n) is 12.6. The SMILES string of the molecule is CCCN(C1CC1)S(=O)(=O)c1ccc(C#CCN)c(C)c1. The second kappa shape index (κ2) is 6.61. The van der Waals surface area contributed by atoms with Gasteiger partial charge in [0.25, 0.3) is 0 Å².